The number of carboxylic acids is 1. The third-order valence-electron chi connectivity index (χ3n) is 11.5. The molecule has 0 rings (SSSR count). The van der Waals surface area contributed by atoms with Crippen molar-refractivity contribution in [3.63, 3.8) is 0 Å². The lowest BCUT2D eigenvalue weighted by Crippen LogP contribution is -2.34. The van der Waals surface area contributed by atoms with Gasteiger partial charge in [0.05, 0.1) is 19.8 Å². The number of esters is 1. The third kappa shape index (κ3) is 51.1. The molecule has 0 aliphatic rings. The van der Waals surface area contributed by atoms with Gasteiger partial charge in [-0.25, -0.2) is 4.57 Å². The van der Waals surface area contributed by atoms with E-state index in [-0.39, 0.29) is 13.0 Å². The van der Waals surface area contributed by atoms with Gasteiger partial charge in [-0.1, -0.05) is 215 Å². The van der Waals surface area contributed by atoms with Gasteiger partial charge < -0.3 is 25.2 Å². The largest absolute Gasteiger partial charge is 0.480 e. The molecule has 0 aromatic rings. The third-order valence-corrected chi connectivity index (χ3v) is 12.4. The number of allylic oxidation sites excluding steroid dienone is 12. The highest BCUT2D eigenvalue weighted by Crippen LogP contribution is 2.43. The maximum absolute atomic E-state index is 12.7. The summed E-state index contributed by atoms with van der Waals surface area (Å²) in [5.41, 5.74) is 5.38. The summed E-state index contributed by atoms with van der Waals surface area (Å²) in [5.74, 6) is -1.78. The quantitative estimate of drug-likeness (QED) is 0.0232. The Balaban J connectivity index is 4.15. The fraction of sp³-hybridized carbons (Fsp3) is 0.750. The van der Waals surface area contributed by atoms with Gasteiger partial charge in [0.25, 0.3) is 0 Å². The van der Waals surface area contributed by atoms with Crippen LogP contribution in [0.2, 0.25) is 0 Å². The Morgan fingerprint density at radius 1 is 0.493 bits per heavy atom. The van der Waals surface area contributed by atoms with Crippen LogP contribution in [0.1, 0.15) is 232 Å². The number of phosphoric ester groups is 1. The Morgan fingerprint density at radius 3 is 1.31 bits per heavy atom. The fourth-order valence-corrected chi connectivity index (χ4v) is 8.11. The number of aliphatic carboxylic acids is 1. The van der Waals surface area contributed by atoms with Gasteiger partial charge in [0.2, 0.25) is 0 Å². The molecule has 0 amide bonds. The highest BCUT2D eigenvalue weighted by atomic mass is 31.2. The monoisotopic (exact) mass is 962 g/mol. The molecule has 0 saturated heterocycles. The lowest BCUT2D eigenvalue weighted by Gasteiger charge is -2.20. The minimum Gasteiger partial charge on any atom is -0.480 e. The summed E-state index contributed by atoms with van der Waals surface area (Å²) >= 11 is 0. The molecule has 3 unspecified atom stereocenters. The van der Waals surface area contributed by atoms with E-state index >= 15 is 0 Å². The van der Waals surface area contributed by atoms with E-state index in [0.29, 0.717) is 13.0 Å². The van der Waals surface area contributed by atoms with Gasteiger partial charge >= 0.3 is 19.8 Å². The van der Waals surface area contributed by atoms with Crippen LogP contribution in [0, 0.1) is 0 Å². The summed E-state index contributed by atoms with van der Waals surface area (Å²) in [5, 5.41) is 8.94. The molecule has 0 bridgehead atoms. The van der Waals surface area contributed by atoms with Crippen LogP contribution in [-0.2, 0) is 32.7 Å². The molecule has 0 heterocycles. The molecule has 0 fully saturated rings. The zero-order valence-electron chi connectivity index (χ0n) is 42.7. The molecule has 0 aromatic heterocycles. The van der Waals surface area contributed by atoms with Gasteiger partial charge in [0.15, 0.2) is 0 Å². The number of ether oxygens (including phenoxy) is 2. The summed E-state index contributed by atoms with van der Waals surface area (Å²) in [6.07, 6.45) is 65.3. The number of carboxylic acid groups (broad SMARTS) is 1. The summed E-state index contributed by atoms with van der Waals surface area (Å²) < 4.78 is 33.5. The number of hydrogen-bond donors (Lipinski definition) is 3. The smallest absolute Gasteiger partial charge is 0.472 e. The SMILES string of the molecule is CC/C=C\C/C=C\C/C=C\C/C=C\C/C=C\CCCCCCCCOCC(COP(=O)(O)OCC(N)C(=O)O)OC(=O)CCCCCCCCCCCCC/C=C\CCCCCCCCCC. The van der Waals surface area contributed by atoms with Gasteiger partial charge in [-0.05, 0) is 83.5 Å². The molecule has 11 heteroatoms. The van der Waals surface area contributed by atoms with Crippen molar-refractivity contribution in [2.45, 2.75) is 244 Å². The van der Waals surface area contributed by atoms with E-state index in [0.717, 1.165) is 83.5 Å². The maximum Gasteiger partial charge on any atom is 0.472 e. The van der Waals surface area contributed by atoms with Crippen molar-refractivity contribution in [3.05, 3.63) is 72.9 Å². The Bertz CT molecular complexity index is 1340. The zero-order chi connectivity index (χ0) is 49.0. The summed E-state index contributed by atoms with van der Waals surface area (Å²) in [6, 6.07) is -1.48. The first-order valence-electron chi connectivity index (χ1n) is 27.0. The van der Waals surface area contributed by atoms with Crippen LogP contribution in [0.5, 0.6) is 0 Å². The van der Waals surface area contributed by atoms with Crippen molar-refractivity contribution in [2.75, 3.05) is 26.4 Å². The molecule has 0 spiro atoms. The van der Waals surface area contributed by atoms with E-state index in [2.05, 4.69) is 86.8 Å². The molecule has 3 atom stereocenters. The number of hydrogen-bond acceptors (Lipinski definition) is 8. The van der Waals surface area contributed by atoms with E-state index in [1.54, 1.807) is 0 Å². The van der Waals surface area contributed by atoms with Crippen LogP contribution in [0.25, 0.3) is 0 Å². The lowest BCUT2D eigenvalue weighted by atomic mass is 10.0. The highest BCUT2D eigenvalue weighted by Gasteiger charge is 2.27. The van der Waals surface area contributed by atoms with Crippen LogP contribution in [-0.4, -0.2) is 60.5 Å². The number of unbranched alkanes of at least 4 members (excludes halogenated alkanes) is 25. The molecule has 10 nitrogen and oxygen atoms in total. The molecule has 388 valence electrons. The Morgan fingerprint density at radius 2 is 0.866 bits per heavy atom. The number of carbonyl (C=O) groups is 2. The number of phosphoric acid groups is 1. The second-order valence-corrected chi connectivity index (χ2v) is 19.4. The molecule has 0 aromatic carbocycles. The van der Waals surface area contributed by atoms with Crippen molar-refractivity contribution in [3.8, 4) is 0 Å². The predicted molar refractivity (Wildman–Crippen MR) is 281 cm³/mol. The minimum atomic E-state index is -4.63. The van der Waals surface area contributed by atoms with Crippen LogP contribution < -0.4 is 5.73 Å². The molecule has 0 saturated carbocycles. The second-order valence-electron chi connectivity index (χ2n) is 18.0. The van der Waals surface area contributed by atoms with Gasteiger partial charge in [-0.3, -0.25) is 18.6 Å². The maximum atomic E-state index is 12.7. The van der Waals surface area contributed by atoms with Gasteiger partial charge in [0, 0.05) is 13.0 Å². The van der Waals surface area contributed by atoms with Crippen LogP contribution >= 0.6 is 7.82 Å². The van der Waals surface area contributed by atoms with Crippen molar-refractivity contribution in [1.82, 2.24) is 0 Å². The van der Waals surface area contributed by atoms with E-state index in [1.807, 2.05) is 0 Å². The highest BCUT2D eigenvalue weighted by molar-refractivity contribution is 7.47. The first-order valence-corrected chi connectivity index (χ1v) is 28.5. The predicted octanol–water partition coefficient (Wildman–Crippen LogP) is 16.1. The van der Waals surface area contributed by atoms with E-state index in [4.69, 9.17) is 29.4 Å². The van der Waals surface area contributed by atoms with Crippen molar-refractivity contribution < 1.29 is 42.7 Å². The average Bonchev–Trinajstić information content (AvgIpc) is 3.31. The molecular weight excluding hydrogens is 862 g/mol. The van der Waals surface area contributed by atoms with Crippen LogP contribution in [0.3, 0.4) is 0 Å². The molecule has 0 radical (unpaired) electrons. The first kappa shape index (κ1) is 64.4. The second kappa shape index (κ2) is 51.3. The van der Waals surface area contributed by atoms with Crippen molar-refractivity contribution >= 4 is 19.8 Å². The summed E-state index contributed by atoms with van der Waals surface area (Å²) in [4.78, 5) is 33.8. The van der Waals surface area contributed by atoms with Gasteiger partial charge in [-0.2, -0.15) is 0 Å². The zero-order valence-corrected chi connectivity index (χ0v) is 43.6. The Hall–Kier alpha value is -2.59. The fourth-order valence-electron chi connectivity index (χ4n) is 7.33. The Kier molecular flexibility index (Phi) is 49.3. The standard InChI is InChI=1S/C56H100NO9P/c1-3-5-7-9-11-13-15-17-19-21-23-25-27-28-30-32-34-36-38-40-42-44-46-48-55(58)66-53(51-64-67(61,62)65-52-54(57)56(59)60)50-63-49-47-45-43-41-39-37-35-33-31-29-26-24-22-20-18-16-14-12-10-8-6-4-2/h6,8,12,14,18,20-21,23-24,26,31,33,53-54H,3-5,7,9-11,13,15-17,19,22,25,27-30,32,34-52,57H2,1-2H3,(H,59,60)(H,61,62)/b8-6-,14-12-,20-18-,23-21-,26-24-,33-31-. The molecule has 0 aliphatic carbocycles. The summed E-state index contributed by atoms with van der Waals surface area (Å²) in [6.45, 7) is 3.75. The van der Waals surface area contributed by atoms with Crippen molar-refractivity contribution in [1.29, 1.82) is 0 Å². The topological polar surface area (TPSA) is 155 Å². The van der Waals surface area contributed by atoms with Gasteiger partial charge in [-0.15, -0.1) is 0 Å². The minimum absolute atomic E-state index is 0.00404. The van der Waals surface area contributed by atoms with Crippen LogP contribution in [0.4, 0.5) is 0 Å². The van der Waals surface area contributed by atoms with E-state index in [1.165, 1.54) is 122 Å². The lowest BCUT2D eigenvalue weighted by molar-refractivity contribution is -0.154. The first-order chi connectivity index (χ1) is 32.7. The van der Waals surface area contributed by atoms with E-state index in [9.17, 15) is 19.0 Å². The number of rotatable bonds is 51. The number of nitrogens with two attached hydrogens (primary N) is 1. The molecule has 4 N–H and O–H groups in total. The Labute approximate surface area is 410 Å². The van der Waals surface area contributed by atoms with Gasteiger partial charge in [0.1, 0.15) is 12.1 Å². The molecule has 0 aliphatic heterocycles. The molecular formula is C56H100NO9P. The average molecular weight is 962 g/mol. The summed E-state index contributed by atoms with van der Waals surface area (Å²) in [7, 11) is -4.63. The normalized spacial score (nSPS) is 14.2. The van der Waals surface area contributed by atoms with E-state index < -0.39 is 45.1 Å². The molecule has 67 heavy (non-hydrogen) atoms. The van der Waals surface area contributed by atoms with Crippen LogP contribution in [0.15, 0.2) is 72.9 Å². The van der Waals surface area contributed by atoms with Crippen molar-refractivity contribution in [2.24, 2.45) is 5.73 Å². The number of carbonyl (C=O) groups excluding carboxylic acids is 1.